The Balaban J connectivity index is 1.31. The van der Waals surface area contributed by atoms with Crippen LogP contribution in [0.4, 0.5) is 17.6 Å². The molecule has 2 aliphatic heterocycles. The maximum absolute atomic E-state index is 13.8. The Labute approximate surface area is 192 Å². The largest absolute Gasteiger partial charge is 0.429 e. The molecule has 0 unspecified atom stereocenters. The number of hydrogen-bond acceptors (Lipinski definition) is 5. The van der Waals surface area contributed by atoms with E-state index in [2.05, 4.69) is 11.7 Å². The third-order valence-electron chi connectivity index (χ3n) is 6.03. The van der Waals surface area contributed by atoms with Gasteiger partial charge in [-0.25, -0.2) is 8.78 Å². The van der Waals surface area contributed by atoms with Crippen molar-refractivity contribution in [3.63, 3.8) is 0 Å². The highest BCUT2D eigenvalue weighted by Crippen LogP contribution is 2.27. The van der Waals surface area contributed by atoms with Gasteiger partial charge in [0, 0.05) is 18.3 Å². The van der Waals surface area contributed by atoms with Crippen molar-refractivity contribution in [3.05, 3.63) is 29.3 Å². The van der Waals surface area contributed by atoms with Crippen molar-refractivity contribution in [1.29, 1.82) is 0 Å². The molecule has 0 saturated carbocycles. The second kappa shape index (κ2) is 13.5. The highest BCUT2D eigenvalue weighted by Gasteiger charge is 2.26. The van der Waals surface area contributed by atoms with E-state index in [0.29, 0.717) is 31.1 Å². The summed E-state index contributed by atoms with van der Waals surface area (Å²) in [5, 5.41) is 0. The lowest BCUT2D eigenvalue weighted by molar-refractivity contribution is -0.219. The van der Waals surface area contributed by atoms with Gasteiger partial charge in [0.15, 0.2) is 30.0 Å². The van der Waals surface area contributed by atoms with E-state index in [0.717, 1.165) is 44.6 Å². The topological polar surface area (TPSA) is 46.2 Å². The van der Waals surface area contributed by atoms with Crippen LogP contribution in [-0.4, -0.2) is 45.6 Å². The molecule has 2 aliphatic rings. The summed E-state index contributed by atoms with van der Waals surface area (Å²) in [6, 6.07) is 1.98. The van der Waals surface area contributed by atoms with Crippen LogP contribution in [0.5, 0.6) is 5.75 Å². The molecule has 188 valence electrons. The maximum Gasteiger partial charge on any atom is 0.387 e. The van der Waals surface area contributed by atoms with E-state index in [4.69, 9.17) is 18.9 Å². The third kappa shape index (κ3) is 8.70. The molecule has 0 N–H and O–H groups in total. The van der Waals surface area contributed by atoms with Crippen molar-refractivity contribution < 1.29 is 41.2 Å². The average molecular weight is 479 g/mol. The molecule has 33 heavy (non-hydrogen) atoms. The molecule has 0 atom stereocenters. The van der Waals surface area contributed by atoms with Crippen LogP contribution in [0.25, 0.3) is 0 Å². The van der Waals surface area contributed by atoms with E-state index in [1.807, 2.05) is 0 Å². The number of unbranched alkanes of at least 4 members (excludes halogenated alkanes) is 2. The zero-order chi connectivity index (χ0) is 23.6. The van der Waals surface area contributed by atoms with E-state index < -0.39 is 30.3 Å². The number of benzene rings is 1. The van der Waals surface area contributed by atoms with Gasteiger partial charge >= 0.3 is 6.61 Å². The first kappa shape index (κ1) is 26.2. The minimum atomic E-state index is -3.29. The number of hydrogen-bond donors (Lipinski definition) is 0. The van der Waals surface area contributed by atoms with E-state index in [9.17, 15) is 17.6 Å². The van der Waals surface area contributed by atoms with Crippen LogP contribution in [0.2, 0.25) is 0 Å². The highest BCUT2D eigenvalue weighted by molar-refractivity contribution is 5.31. The lowest BCUT2D eigenvalue weighted by Gasteiger charge is -2.32. The lowest BCUT2D eigenvalue weighted by atomic mass is 10.0. The monoisotopic (exact) mass is 478 g/mol. The fraction of sp³-hybridized carbons (Fsp3) is 0.750. The van der Waals surface area contributed by atoms with Crippen LogP contribution in [0, 0.1) is 23.5 Å². The molecule has 2 saturated heterocycles. The van der Waals surface area contributed by atoms with Crippen molar-refractivity contribution in [1.82, 2.24) is 0 Å². The Kier molecular flexibility index (Phi) is 10.7. The van der Waals surface area contributed by atoms with Gasteiger partial charge in [-0.3, -0.25) is 0 Å². The summed E-state index contributed by atoms with van der Waals surface area (Å²) in [5.74, 6) is -2.66. The molecule has 0 radical (unpaired) electrons. The second-order valence-electron chi connectivity index (χ2n) is 8.80. The first-order valence-corrected chi connectivity index (χ1v) is 11.8. The first-order chi connectivity index (χ1) is 15.9. The van der Waals surface area contributed by atoms with Crippen molar-refractivity contribution in [2.75, 3.05) is 26.4 Å². The lowest BCUT2D eigenvalue weighted by Crippen LogP contribution is -2.35. The summed E-state index contributed by atoms with van der Waals surface area (Å²) < 4.78 is 79.2. The van der Waals surface area contributed by atoms with Crippen molar-refractivity contribution in [2.45, 2.75) is 77.5 Å². The van der Waals surface area contributed by atoms with Crippen LogP contribution in [0.1, 0.15) is 57.4 Å². The summed E-state index contributed by atoms with van der Waals surface area (Å²) in [5.41, 5.74) is 0.320. The summed E-state index contributed by atoms with van der Waals surface area (Å²) in [7, 11) is 0. The SMILES string of the molecule is CCCCCC1COC(CCC2COC(CCc3cc(F)c(OC(F)F)c(F)c3)OC2)OC1. The summed E-state index contributed by atoms with van der Waals surface area (Å²) in [4.78, 5) is 0. The maximum atomic E-state index is 13.8. The van der Waals surface area contributed by atoms with Gasteiger partial charge in [0.25, 0.3) is 0 Å². The van der Waals surface area contributed by atoms with E-state index in [1.54, 1.807) is 0 Å². The zero-order valence-corrected chi connectivity index (χ0v) is 19.1. The summed E-state index contributed by atoms with van der Waals surface area (Å²) in [6.07, 6.45) is 6.51. The molecule has 0 bridgehead atoms. The minimum absolute atomic E-state index is 0.174. The Morgan fingerprint density at radius 2 is 1.36 bits per heavy atom. The van der Waals surface area contributed by atoms with Crippen LogP contribution >= 0.6 is 0 Å². The highest BCUT2D eigenvalue weighted by atomic mass is 19.3. The molecule has 0 aromatic heterocycles. The Hall–Kier alpha value is -1.42. The summed E-state index contributed by atoms with van der Waals surface area (Å²) in [6.45, 7) is 1.47. The molecular formula is C24H34F4O5. The normalized spacial score (nSPS) is 26.0. The molecule has 2 fully saturated rings. The molecule has 0 amide bonds. The first-order valence-electron chi connectivity index (χ1n) is 11.8. The van der Waals surface area contributed by atoms with E-state index >= 15 is 0 Å². The molecule has 5 nitrogen and oxygen atoms in total. The fourth-order valence-corrected chi connectivity index (χ4v) is 4.13. The van der Waals surface area contributed by atoms with Crippen molar-refractivity contribution in [3.8, 4) is 5.75 Å². The number of aryl methyl sites for hydroxylation is 1. The van der Waals surface area contributed by atoms with Gasteiger partial charge in [0.1, 0.15) is 0 Å². The molecular weight excluding hydrogens is 444 g/mol. The van der Waals surface area contributed by atoms with Crippen LogP contribution in [-0.2, 0) is 25.4 Å². The molecule has 1 aromatic carbocycles. The number of ether oxygens (including phenoxy) is 5. The zero-order valence-electron chi connectivity index (χ0n) is 19.1. The fourth-order valence-electron chi connectivity index (χ4n) is 4.13. The van der Waals surface area contributed by atoms with Crippen LogP contribution < -0.4 is 4.74 Å². The standard InChI is InChI=1S/C24H34F4O5/c1-2-3-4-5-17-12-29-22(30-13-17)9-7-18-14-31-21(32-15-18)8-6-16-10-19(25)23(20(26)11-16)33-24(27)28/h10-11,17-18,21-22,24H,2-9,12-15H2,1H3. The molecule has 0 aliphatic carbocycles. The smallest absolute Gasteiger partial charge is 0.387 e. The van der Waals surface area contributed by atoms with Gasteiger partial charge in [-0.2, -0.15) is 8.78 Å². The Bertz CT molecular complexity index is 681. The number of halogens is 4. The van der Waals surface area contributed by atoms with Gasteiger partial charge in [0.2, 0.25) is 0 Å². The van der Waals surface area contributed by atoms with Gasteiger partial charge in [-0.15, -0.1) is 0 Å². The van der Waals surface area contributed by atoms with Gasteiger partial charge in [0.05, 0.1) is 26.4 Å². The predicted molar refractivity (Wildman–Crippen MR) is 113 cm³/mol. The number of rotatable bonds is 12. The van der Waals surface area contributed by atoms with E-state index in [1.165, 1.54) is 19.3 Å². The third-order valence-corrected chi connectivity index (χ3v) is 6.03. The van der Waals surface area contributed by atoms with Gasteiger partial charge in [-0.05, 0) is 43.4 Å². The number of alkyl halides is 2. The summed E-state index contributed by atoms with van der Waals surface area (Å²) >= 11 is 0. The molecule has 3 rings (SSSR count). The molecule has 2 heterocycles. The average Bonchev–Trinajstić information content (AvgIpc) is 2.80. The Morgan fingerprint density at radius 1 is 0.818 bits per heavy atom. The predicted octanol–water partition coefficient (Wildman–Crippen LogP) is 5.84. The van der Waals surface area contributed by atoms with Crippen LogP contribution in [0.15, 0.2) is 12.1 Å². The molecule has 9 heteroatoms. The van der Waals surface area contributed by atoms with Crippen molar-refractivity contribution >= 4 is 0 Å². The molecule has 0 spiro atoms. The Morgan fingerprint density at radius 3 is 1.91 bits per heavy atom. The van der Waals surface area contributed by atoms with Crippen LogP contribution in [0.3, 0.4) is 0 Å². The van der Waals surface area contributed by atoms with E-state index in [-0.39, 0.29) is 18.6 Å². The molecule has 1 aromatic rings. The quantitative estimate of drug-likeness (QED) is 0.279. The second-order valence-corrected chi connectivity index (χ2v) is 8.80. The minimum Gasteiger partial charge on any atom is -0.429 e. The van der Waals surface area contributed by atoms with Crippen molar-refractivity contribution in [2.24, 2.45) is 11.8 Å². The van der Waals surface area contributed by atoms with Gasteiger partial charge in [-0.1, -0.05) is 26.2 Å². The van der Waals surface area contributed by atoms with Gasteiger partial charge < -0.3 is 23.7 Å².